The molecule has 0 rings (SSSR count). The molecule has 0 aromatic rings. The van der Waals surface area contributed by atoms with Gasteiger partial charge in [-0.15, -0.1) is 0 Å². The molecule has 0 aliphatic rings. The molecule has 19 heavy (non-hydrogen) atoms. The molecule has 1 amide bonds. The first kappa shape index (κ1) is 18.2. The van der Waals surface area contributed by atoms with E-state index in [0.717, 1.165) is 12.8 Å². The van der Waals surface area contributed by atoms with Crippen molar-refractivity contribution in [2.75, 3.05) is 26.2 Å². The van der Waals surface area contributed by atoms with Gasteiger partial charge >= 0.3 is 6.09 Å². The van der Waals surface area contributed by atoms with Crippen molar-refractivity contribution < 1.29 is 9.90 Å². The van der Waals surface area contributed by atoms with Crippen LogP contribution >= 0.6 is 0 Å². The standard InChI is InChI=1S/C15H32N2O2/c1-3-17(4-2)14-12-10-8-6-5-7-9-11-13-16-15(18)19/h16H,3-14H2,1-2H3,(H,18,19). The number of nitrogens with zero attached hydrogens (tertiary/aromatic N) is 1. The summed E-state index contributed by atoms with van der Waals surface area (Å²) in [6.45, 7) is 8.63. The van der Waals surface area contributed by atoms with E-state index in [4.69, 9.17) is 5.11 Å². The van der Waals surface area contributed by atoms with Crippen molar-refractivity contribution in [1.82, 2.24) is 10.2 Å². The second kappa shape index (κ2) is 13.7. The molecule has 0 aliphatic carbocycles. The van der Waals surface area contributed by atoms with E-state index < -0.39 is 6.09 Å². The Labute approximate surface area is 118 Å². The zero-order valence-electron chi connectivity index (χ0n) is 12.8. The fourth-order valence-corrected chi connectivity index (χ4v) is 2.26. The molecular formula is C15H32N2O2. The van der Waals surface area contributed by atoms with Crippen LogP contribution in [0.4, 0.5) is 4.79 Å². The van der Waals surface area contributed by atoms with Gasteiger partial charge in [0.15, 0.2) is 0 Å². The molecule has 0 atom stereocenters. The Hall–Kier alpha value is -0.770. The average molecular weight is 272 g/mol. The minimum atomic E-state index is -0.909. The predicted octanol–water partition coefficient (Wildman–Crippen LogP) is 3.72. The molecule has 0 saturated heterocycles. The quantitative estimate of drug-likeness (QED) is 0.502. The van der Waals surface area contributed by atoms with Crippen LogP contribution in [0.15, 0.2) is 0 Å². The summed E-state index contributed by atoms with van der Waals surface area (Å²) in [6.07, 6.45) is 9.05. The molecule has 0 aromatic carbocycles. The van der Waals surface area contributed by atoms with Gasteiger partial charge in [-0.1, -0.05) is 52.4 Å². The monoisotopic (exact) mass is 272 g/mol. The van der Waals surface area contributed by atoms with E-state index in [-0.39, 0.29) is 0 Å². The Balaban J connectivity index is 3.08. The number of nitrogens with one attached hydrogen (secondary N) is 1. The zero-order chi connectivity index (χ0) is 14.3. The molecule has 4 heteroatoms. The van der Waals surface area contributed by atoms with Crippen LogP contribution < -0.4 is 5.32 Å². The molecule has 0 spiro atoms. The summed E-state index contributed by atoms with van der Waals surface area (Å²) in [6, 6.07) is 0. The highest BCUT2D eigenvalue weighted by Gasteiger charge is 1.98. The van der Waals surface area contributed by atoms with Crippen molar-refractivity contribution in [3.05, 3.63) is 0 Å². The molecule has 0 saturated carbocycles. The van der Waals surface area contributed by atoms with Gasteiger partial charge in [-0.05, 0) is 32.5 Å². The third-order valence-electron chi connectivity index (χ3n) is 3.57. The third-order valence-corrected chi connectivity index (χ3v) is 3.57. The van der Waals surface area contributed by atoms with Crippen LogP contribution in [0.25, 0.3) is 0 Å². The summed E-state index contributed by atoms with van der Waals surface area (Å²) in [5.74, 6) is 0. The Morgan fingerprint density at radius 3 is 1.84 bits per heavy atom. The highest BCUT2D eigenvalue weighted by Crippen LogP contribution is 2.08. The van der Waals surface area contributed by atoms with Gasteiger partial charge in [-0.3, -0.25) is 0 Å². The van der Waals surface area contributed by atoms with E-state index in [1.54, 1.807) is 0 Å². The molecule has 0 unspecified atom stereocenters. The first-order chi connectivity index (χ1) is 9.20. The lowest BCUT2D eigenvalue weighted by atomic mass is 10.1. The summed E-state index contributed by atoms with van der Waals surface area (Å²) in [4.78, 5) is 12.7. The first-order valence-corrected chi connectivity index (χ1v) is 7.89. The number of hydrogen-bond acceptors (Lipinski definition) is 2. The van der Waals surface area contributed by atoms with Crippen LogP contribution in [0, 0.1) is 0 Å². The zero-order valence-corrected chi connectivity index (χ0v) is 12.8. The second-order valence-electron chi connectivity index (χ2n) is 5.09. The first-order valence-electron chi connectivity index (χ1n) is 7.89. The van der Waals surface area contributed by atoms with Crippen molar-refractivity contribution in [1.29, 1.82) is 0 Å². The van der Waals surface area contributed by atoms with E-state index in [0.29, 0.717) is 6.54 Å². The smallest absolute Gasteiger partial charge is 0.404 e. The molecule has 4 nitrogen and oxygen atoms in total. The summed E-state index contributed by atoms with van der Waals surface area (Å²) in [7, 11) is 0. The lowest BCUT2D eigenvalue weighted by molar-refractivity contribution is 0.194. The number of rotatable bonds is 13. The Morgan fingerprint density at radius 2 is 1.37 bits per heavy atom. The predicted molar refractivity (Wildman–Crippen MR) is 80.8 cm³/mol. The Kier molecular flexibility index (Phi) is 13.1. The minimum Gasteiger partial charge on any atom is -0.465 e. The molecule has 2 N–H and O–H groups in total. The van der Waals surface area contributed by atoms with Crippen LogP contribution in [0.1, 0.15) is 65.2 Å². The minimum absolute atomic E-state index is 0.596. The molecule has 114 valence electrons. The summed E-state index contributed by atoms with van der Waals surface area (Å²) in [5.41, 5.74) is 0. The molecule has 0 heterocycles. The van der Waals surface area contributed by atoms with Crippen molar-refractivity contribution >= 4 is 6.09 Å². The van der Waals surface area contributed by atoms with Crippen molar-refractivity contribution in [2.45, 2.75) is 65.2 Å². The average Bonchev–Trinajstić information content (AvgIpc) is 2.40. The highest BCUT2D eigenvalue weighted by atomic mass is 16.4. The maximum absolute atomic E-state index is 10.2. The summed E-state index contributed by atoms with van der Waals surface area (Å²) < 4.78 is 0. The van der Waals surface area contributed by atoms with Gasteiger partial charge in [-0.25, -0.2) is 4.79 Å². The molecule has 0 bridgehead atoms. The van der Waals surface area contributed by atoms with E-state index in [9.17, 15) is 4.79 Å². The van der Waals surface area contributed by atoms with Gasteiger partial charge in [0.2, 0.25) is 0 Å². The molecular weight excluding hydrogens is 240 g/mol. The van der Waals surface area contributed by atoms with Gasteiger partial charge < -0.3 is 15.3 Å². The number of hydrogen-bond donors (Lipinski definition) is 2. The van der Waals surface area contributed by atoms with E-state index in [2.05, 4.69) is 24.1 Å². The molecule has 0 radical (unpaired) electrons. The number of carbonyl (C=O) groups is 1. The van der Waals surface area contributed by atoms with Crippen LogP contribution in [0.3, 0.4) is 0 Å². The Morgan fingerprint density at radius 1 is 0.895 bits per heavy atom. The van der Waals surface area contributed by atoms with Crippen LogP contribution in [0.2, 0.25) is 0 Å². The molecule has 0 aromatic heterocycles. The number of unbranched alkanes of at least 4 members (excludes halogenated alkanes) is 7. The van der Waals surface area contributed by atoms with Crippen molar-refractivity contribution in [2.24, 2.45) is 0 Å². The summed E-state index contributed by atoms with van der Waals surface area (Å²) in [5, 5.41) is 10.8. The van der Waals surface area contributed by atoms with Crippen molar-refractivity contribution in [3.8, 4) is 0 Å². The highest BCUT2D eigenvalue weighted by molar-refractivity contribution is 5.64. The van der Waals surface area contributed by atoms with Gasteiger partial charge in [0, 0.05) is 6.54 Å². The topological polar surface area (TPSA) is 52.6 Å². The fraction of sp³-hybridized carbons (Fsp3) is 0.933. The van der Waals surface area contributed by atoms with E-state index in [1.807, 2.05) is 0 Å². The summed E-state index contributed by atoms with van der Waals surface area (Å²) >= 11 is 0. The maximum atomic E-state index is 10.2. The SMILES string of the molecule is CCN(CC)CCCCCCCCCCNC(=O)O. The fourth-order valence-electron chi connectivity index (χ4n) is 2.26. The van der Waals surface area contributed by atoms with Gasteiger partial charge in [0.25, 0.3) is 0 Å². The van der Waals surface area contributed by atoms with Crippen LogP contribution in [-0.2, 0) is 0 Å². The molecule has 0 aliphatic heterocycles. The molecule has 0 fully saturated rings. The van der Waals surface area contributed by atoms with Crippen LogP contribution in [-0.4, -0.2) is 42.3 Å². The number of carboxylic acid groups (broad SMARTS) is 1. The largest absolute Gasteiger partial charge is 0.465 e. The maximum Gasteiger partial charge on any atom is 0.404 e. The van der Waals surface area contributed by atoms with E-state index in [1.165, 1.54) is 58.2 Å². The van der Waals surface area contributed by atoms with E-state index >= 15 is 0 Å². The van der Waals surface area contributed by atoms with Gasteiger partial charge in [0.05, 0.1) is 0 Å². The number of amides is 1. The second-order valence-corrected chi connectivity index (χ2v) is 5.09. The van der Waals surface area contributed by atoms with Crippen LogP contribution in [0.5, 0.6) is 0 Å². The third kappa shape index (κ3) is 13.5. The lowest BCUT2D eigenvalue weighted by Crippen LogP contribution is -2.23. The van der Waals surface area contributed by atoms with Gasteiger partial charge in [-0.2, -0.15) is 0 Å². The van der Waals surface area contributed by atoms with Gasteiger partial charge in [0.1, 0.15) is 0 Å². The lowest BCUT2D eigenvalue weighted by Gasteiger charge is -2.17. The Bertz CT molecular complexity index is 206. The van der Waals surface area contributed by atoms with Crippen molar-refractivity contribution in [3.63, 3.8) is 0 Å². The normalized spacial score (nSPS) is 10.9.